The molecule has 4 rings (SSSR count). The van der Waals surface area contributed by atoms with Crippen molar-refractivity contribution in [1.82, 2.24) is 14.4 Å². The Labute approximate surface area is 153 Å². The van der Waals surface area contributed by atoms with Crippen molar-refractivity contribution in [2.75, 3.05) is 26.2 Å². The Morgan fingerprint density at radius 3 is 2.69 bits per heavy atom. The van der Waals surface area contributed by atoms with Crippen LogP contribution < -0.4 is 5.76 Å². The number of likely N-dealkylation sites (tertiary alicyclic amines) is 2. The molecule has 2 fully saturated rings. The lowest BCUT2D eigenvalue weighted by atomic mass is 9.93. The van der Waals surface area contributed by atoms with Gasteiger partial charge in [-0.2, -0.15) is 0 Å². The maximum Gasteiger partial charge on any atom is 0.421 e. The van der Waals surface area contributed by atoms with Crippen LogP contribution in [0, 0.1) is 11.8 Å². The summed E-state index contributed by atoms with van der Waals surface area (Å²) < 4.78 is 6.99. The zero-order valence-corrected chi connectivity index (χ0v) is 15.4. The Bertz CT molecular complexity index is 832. The number of carbonyl (C=O) groups excluding carboxylic acids is 1. The molecule has 3 heterocycles. The second-order valence-corrected chi connectivity index (χ2v) is 7.83. The van der Waals surface area contributed by atoms with E-state index in [4.69, 9.17) is 4.42 Å². The summed E-state index contributed by atoms with van der Waals surface area (Å²) in [6.07, 6.45) is 4.10. The van der Waals surface area contributed by atoms with E-state index in [1.807, 2.05) is 24.3 Å². The lowest BCUT2D eigenvalue weighted by Gasteiger charge is -2.37. The van der Waals surface area contributed by atoms with Crippen LogP contribution in [-0.4, -0.2) is 46.5 Å². The molecule has 2 saturated heterocycles. The van der Waals surface area contributed by atoms with Gasteiger partial charge in [-0.15, -0.1) is 0 Å². The first-order chi connectivity index (χ1) is 12.6. The third-order valence-electron chi connectivity index (χ3n) is 5.82. The number of hydrogen-bond acceptors (Lipinski definition) is 4. The summed E-state index contributed by atoms with van der Waals surface area (Å²) in [6.45, 7) is 6.26. The number of oxazole rings is 1. The normalized spacial score (nSPS) is 22.8. The third kappa shape index (κ3) is 3.43. The Morgan fingerprint density at radius 2 is 1.92 bits per heavy atom. The Morgan fingerprint density at radius 1 is 1.15 bits per heavy atom. The Kier molecular flexibility index (Phi) is 4.85. The van der Waals surface area contributed by atoms with Gasteiger partial charge in [-0.25, -0.2) is 4.79 Å². The summed E-state index contributed by atoms with van der Waals surface area (Å²) in [5, 5.41) is 0. The van der Waals surface area contributed by atoms with Gasteiger partial charge in [-0.05, 0) is 43.7 Å². The number of carbonyl (C=O) groups is 1. The van der Waals surface area contributed by atoms with Crippen molar-refractivity contribution in [2.45, 2.75) is 39.3 Å². The molecule has 0 radical (unpaired) electrons. The molecule has 6 nitrogen and oxygen atoms in total. The van der Waals surface area contributed by atoms with Crippen LogP contribution in [0.1, 0.15) is 32.6 Å². The molecule has 140 valence electrons. The van der Waals surface area contributed by atoms with Gasteiger partial charge in [-0.1, -0.05) is 19.1 Å². The van der Waals surface area contributed by atoms with Gasteiger partial charge in [0.05, 0.1) is 12.2 Å². The second kappa shape index (κ2) is 7.27. The molecule has 1 aromatic heterocycles. The molecule has 26 heavy (non-hydrogen) atoms. The fraction of sp³-hybridized carbons (Fsp3) is 0.600. The maximum atomic E-state index is 12.8. The molecule has 0 N–H and O–H groups in total. The van der Waals surface area contributed by atoms with Crippen molar-refractivity contribution in [3.05, 3.63) is 34.8 Å². The van der Waals surface area contributed by atoms with Crippen LogP contribution in [0.3, 0.4) is 0 Å². The number of fused-ring (bicyclic) bond motifs is 1. The summed E-state index contributed by atoms with van der Waals surface area (Å²) >= 11 is 0. The fourth-order valence-corrected chi connectivity index (χ4v) is 4.32. The summed E-state index contributed by atoms with van der Waals surface area (Å²) in [6, 6.07) is 7.51. The number of amides is 1. The number of benzene rings is 1. The number of rotatable bonds is 3. The highest BCUT2D eigenvalue weighted by atomic mass is 16.4. The number of para-hydroxylation sites is 2. The van der Waals surface area contributed by atoms with E-state index in [-0.39, 0.29) is 11.7 Å². The Balaban J connectivity index is 1.37. The number of aromatic nitrogens is 1. The van der Waals surface area contributed by atoms with E-state index >= 15 is 0 Å². The number of piperidine rings is 2. The van der Waals surface area contributed by atoms with E-state index in [1.54, 1.807) is 4.57 Å². The van der Waals surface area contributed by atoms with E-state index in [9.17, 15) is 9.59 Å². The molecular formula is C20H27N3O3. The van der Waals surface area contributed by atoms with Crippen LogP contribution in [0.5, 0.6) is 0 Å². The first kappa shape index (κ1) is 17.3. The molecule has 6 heteroatoms. The van der Waals surface area contributed by atoms with Gasteiger partial charge in [0, 0.05) is 32.1 Å². The van der Waals surface area contributed by atoms with Crippen LogP contribution in [0.2, 0.25) is 0 Å². The highest BCUT2D eigenvalue weighted by molar-refractivity contribution is 5.79. The van der Waals surface area contributed by atoms with Crippen LogP contribution >= 0.6 is 0 Å². The molecule has 1 amide bonds. The molecule has 2 aromatic rings. The van der Waals surface area contributed by atoms with Gasteiger partial charge < -0.3 is 9.32 Å². The Hall–Kier alpha value is -2.08. The monoisotopic (exact) mass is 357 g/mol. The minimum atomic E-state index is -0.313. The van der Waals surface area contributed by atoms with Crippen LogP contribution in [0.25, 0.3) is 11.1 Å². The smallest absolute Gasteiger partial charge is 0.408 e. The summed E-state index contributed by atoms with van der Waals surface area (Å²) in [5.41, 5.74) is 1.46. The second-order valence-electron chi connectivity index (χ2n) is 7.83. The first-order valence-electron chi connectivity index (χ1n) is 9.71. The van der Waals surface area contributed by atoms with Gasteiger partial charge in [0.1, 0.15) is 0 Å². The molecular weight excluding hydrogens is 330 g/mol. The minimum Gasteiger partial charge on any atom is -0.408 e. The maximum absolute atomic E-state index is 12.8. The first-order valence-corrected chi connectivity index (χ1v) is 9.71. The zero-order valence-electron chi connectivity index (χ0n) is 15.4. The van der Waals surface area contributed by atoms with Crippen molar-refractivity contribution in [2.24, 2.45) is 11.8 Å². The molecule has 0 spiro atoms. The topological polar surface area (TPSA) is 58.7 Å². The largest absolute Gasteiger partial charge is 0.421 e. The van der Waals surface area contributed by atoms with Crippen LogP contribution in [0.15, 0.2) is 33.5 Å². The van der Waals surface area contributed by atoms with E-state index in [0.717, 1.165) is 51.0 Å². The molecule has 1 unspecified atom stereocenters. The molecule has 0 aliphatic carbocycles. The third-order valence-corrected chi connectivity index (χ3v) is 5.82. The van der Waals surface area contributed by atoms with Crippen LogP contribution in [0.4, 0.5) is 0 Å². The number of nitrogens with zero attached hydrogens (tertiary/aromatic N) is 3. The molecule has 0 bridgehead atoms. The molecule has 1 aromatic carbocycles. The van der Waals surface area contributed by atoms with Gasteiger partial charge in [-0.3, -0.25) is 14.3 Å². The quantitative estimate of drug-likeness (QED) is 0.847. The van der Waals surface area contributed by atoms with Crippen molar-refractivity contribution in [3.63, 3.8) is 0 Å². The predicted octanol–water partition coefficient (Wildman–Crippen LogP) is 2.52. The van der Waals surface area contributed by atoms with E-state index in [2.05, 4.69) is 16.7 Å². The van der Waals surface area contributed by atoms with Gasteiger partial charge in [0.2, 0.25) is 5.91 Å². The van der Waals surface area contributed by atoms with Gasteiger partial charge in [0.25, 0.3) is 0 Å². The van der Waals surface area contributed by atoms with Gasteiger partial charge >= 0.3 is 5.76 Å². The highest BCUT2D eigenvalue weighted by Gasteiger charge is 2.30. The zero-order chi connectivity index (χ0) is 18.1. The average molecular weight is 357 g/mol. The highest BCUT2D eigenvalue weighted by Crippen LogP contribution is 2.24. The van der Waals surface area contributed by atoms with E-state index in [0.29, 0.717) is 24.1 Å². The predicted molar refractivity (Wildman–Crippen MR) is 99.7 cm³/mol. The van der Waals surface area contributed by atoms with Crippen molar-refractivity contribution in [1.29, 1.82) is 0 Å². The molecule has 2 aliphatic heterocycles. The molecule has 1 atom stereocenters. The SMILES string of the molecule is CC1CCCN(C(=O)C2CCN(Cn3c(=O)oc4ccccc43)CC2)C1. The fourth-order valence-electron chi connectivity index (χ4n) is 4.32. The van der Waals surface area contributed by atoms with Gasteiger partial charge in [0.15, 0.2) is 5.58 Å². The van der Waals surface area contributed by atoms with E-state index < -0.39 is 0 Å². The molecule has 0 saturated carbocycles. The summed E-state index contributed by atoms with van der Waals surface area (Å²) in [5.74, 6) is 0.775. The van der Waals surface area contributed by atoms with E-state index in [1.165, 1.54) is 6.42 Å². The lowest BCUT2D eigenvalue weighted by molar-refractivity contribution is -0.139. The standard InChI is InChI=1S/C20H27N3O3/c1-15-5-4-10-22(13-15)19(24)16-8-11-21(12-9-16)14-23-17-6-2-3-7-18(17)26-20(23)25/h2-3,6-7,15-16H,4-5,8-14H2,1H3. The summed E-state index contributed by atoms with van der Waals surface area (Å²) in [4.78, 5) is 29.2. The summed E-state index contributed by atoms with van der Waals surface area (Å²) in [7, 11) is 0. The van der Waals surface area contributed by atoms with Crippen LogP contribution in [-0.2, 0) is 11.5 Å². The van der Waals surface area contributed by atoms with Crippen molar-refractivity contribution in [3.8, 4) is 0 Å². The molecule has 2 aliphatic rings. The minimum absolute atomic E-state index is 0.134. The van der Waals surface area contributed by atoms with Crippen molar-refractivity contribution >= 4 is 17.0 Å². The van der Waals surface area contributed by atoms with Crippen molar-refractivity contribution < 1.29 is 9.21 Å². The lowest BCUT2D eigenvalue weighted by Crippen LogP contribution is -2.46. The number of hydrogen-bond donors (Lipinski definition) is 0. The average Bonchev–Trinajstić information content (AvgIpc) is 2.97.